The first-order chi connectivity index (χ1) is 17.1. The van der Waals surface area contributed by atoms with E-state index in [9.17, 15) is 16.8 Å². The van der Waals surface area contributed by atoms with Crippen molar-refractivity contribution in [3.05, 3.63) is 106 Å². The molecule has 0 aliphatic carbocycles. The Kier molecular flexibility index (Phi) is 11.0. The maximum absolute atomic E-state index is 11.1. The summed E-state index contributed by atoms with van der Waals surface area (Å²) in [5.74, 6) is 0. The van der Waals surface area contributed by atoms with E-state index in [1.54, 1.807) is 12.1 Å². The normalized spacial score (nSPS) is 11.6. The molecule has 0 saturated carbocycles. The van der Waals surface area contributed by atoms with Crippen molar-refractivity contribution in [2.45, 2.75) is 34.8 Å². The Morgan fingerprint density at radius 3 is 1.19 bits per heavy atom. The van der Waals surface area contributed by atoms with Crippen molar-refractivity contribution in [2.24, 2.45) is 0 Å². The van der Waals surface area contributed by atoms with Crippen molar-refractivity contribution < 1.29 is 26.3 Å². The molecule has 2 aromatic carbocycles. The van der Waals surface area contributed by atoms with Gasteiger partial charge in [0.25, 0.3) is 18.1 Å². The van der Waals surface area contributed by atoms with Crippen molar-refractivity contribution in [1.29, 1.82) is 0 Å². The first-order valence-electron chi connectivity index (χ1n) is 10.4. The van der Waals surface area contributed by atoms with Crippen LogP contribution in [0, 0.1) is 0 Å². The van der Waals surface area contributed by atoms with Crippen molar-refractivity contribution >= 4 is 62.1 Å². The minimum Gasteiger partial charge on any atom is -0.371 e. The highest BCUT2D eigenvalue weighted by atomic mass is 35.7. The number of hydrogen-bond donors (Lipinski definition) is 0. The smallest absolute Gasteiger partial charge is 0.270 e. The van der Waals surface area contributed by atoms with Gasteiger partial charge in [0.2, 0.25) is 0 Å². The lowest BCUT2D eigenvalue weighted by molar-refractivity contribution is 0.109. The third kappa shape index (κ3) is 9.95. The molecular weight excluding hydrogens is 583 g/mol. The average Bonchev–Trinajstić information content (AvgIpc) is 3.51. The predicted octanol–water partition coefficient (Wildman–Crippen LogP) is 6.78. The van der Waals surface area contributed by atoms with Crippen LogP contribution in [-0.2, 0) is 54.0 Å². The van der Waals surface area contributed by atoms with Gasteiger partial charge in [-0.15, -0.1) is 22.7 Å². The number of benzene rings is 2. The van der Waals surface area contributed by atoms with E-state index in [2.05, 4.69) is 0 Å². The lowest BCUT2D eigenvalue weighted by Crippen LogP contribution is -1.91. The van der Waals surface area contributed by atoms with Crippen LogP contribution in [0.4, 0.5) is 0 Å². The monoisotopic (exact) mass is 604 g/mol. The molecule has 0 aliphatic rings. The lowest BCUT2D eigenvalue weighted by atomic mass is 10.2. The molecule has 0 bridgehead atoms. The van der Waals surface area contributed by atoms with Crippen LogP contribution in [-0.4, -0.2) is 16.8 Å². The van der Waals surface area contributed by atoms with E-state index in [4.69, 9.17) is 30.8 Å². The van der Waals surface area contributed by atoms with Gasteiger partial charge in [0.05, 0.1) is 26.4 Å². The van der Waals surface area contributed by atoms with E-state index < -0.39 is 18.1 Å². The highest BCUT2D eigenvalue weighted by molar-refractivity contribution is 8.15. The molecule has 4 rings (SSSR count). The van der Waals surface area contributed by atoms with E-state index in [-0.39, 0.29) is 8.42 Å². The number of hydrogen-bond acceptors (Lipinski definition) is 8. The highest BCUT2D eigenvalue weighted by Gasteiger charge is 2.14. The second-order valence-corrected chi connectivity index (χ2v) is 15.2. The van der Waals surface area contributed by atoms with Crippen LogP contribution in [0.15, 0.2) is 93.3 Å². The van der Waals surface area contributed by atoms with E-state index in [0.29, 0.717) is 26.4 Å². The molecule has 0 spiro atoms. The molecule has 0 atom stereocenters. The fraction of sp³-hybridized carbons (Fsp3) is 0.167. The van der Waals surface area contributed by atoms with Crippen LogP contribution >= 0.6 is 44.0 Å². The summed E-state index contributed by atoms with van der Waals surface area (Å²) >= 11 is 2.26. The summed E-state index contributed by atoms with van der Waals surface area (Å²) in [4.78, 5) is 1.68. The maximum atomic E-state index is 11.1. The fourth-order valence-electron chi connectivity index (χ4n) is 2.82. The Hall–Kier alpha value is -1.76. The SMILES string of the molecule is O=S(=O)(Cl)c1ccc(COCc2ccccc2)s1.O=S(=O)(Cl)c1ccc(COCc2ccccc2)s1. The molecule has 192 valence electrons. The van der Waals surface area contributed by atoms with Gasteiger partial charge in [-0.2, -0.15) is 0 Å². The molecular formula is C24H22Cl2O6S4. The summed E-state index contributed by atoms with van der Waals surface area (Å²) < 4.78 is 55.6. The topological polar surface area (TPSA) is 86.7 Å². The van der Waals surface area contributed by atoms with Gasteiger partial charge in [-0.25, -0.2) is 16.8 Å². The summed E-state index contributed by atoms with van der Waals surface area (Å²) in [7, 11) is 3.24. The molecule has 2 aromatic heterocycles. The molecule has 6 nitrogen and oxygen atoms in total. The molecule has 12 heteroatoms. The van der Waals surface area contributed by atoms with Crippen molar-refractivity contribution in [2.75, 3.05) is 0 Å². The third-order valence-electron chi connectivity index (χ3n) is 4.47. The van der Waals surface area contributed by atoms with Crippen molar-refractivity contribution in [1.82, 2.24) is 0 Å². The van der Waals surface area contributed by atoms with Crippen LogP contribution in [0.25, 0.3) is 0 Å². The summed E-state index contributed by atoms with van der Waals surface area (Å²) in [6, 6.07) is 26.0. The Morgan fingerprint density at radius 1 is 0.528 bits per heavy atom. The van der Waals surface area contributed by atoms with Gasteiger partial charge in [0, 0.05) is 31.1 Å². The summed E-state index contributed by atoms with van der Waals surface area (Å²) in [5, 5.41) is 0. The van der Waals surface area contributed by atoms with Gasteiger partial charge >= 0.3 is 0 Å². The minimum atomic E-state index is -3.62. The Labute approximate surface area is 227 Å². The van der Waals surface area contributed by atoms with Crippen LogP contribution in [0.5, 0.6) is 0 Å². The highest BCUT2D eigenvalue weighted by Crippen LogP contribution is 2.26. The van der Waals surface area contributed by atoms with Crippen LogP contribution < -0.4 is 0 Å². The van der Waals surface area contributed by atoms with Gasteiger partial charge in [0.1, 0.15) is 8.42 Å². The summed E-state index contributed by atoms with van der Waals surface area (Å²) in [6.45, 7) is 1.77. The molecule has 0 N–H and O–H groups in total. The van der Waals surface area contributed by atoms with Crippen LogP contribution in [0.2, 0.25) is 0 Å². The molecule has 0 unspecified atom stereocenters. The van der Waals surface area contributed by atoms with Crippen LogP contribution in [0.1, 0.15) is 20.9 Å². The fourth-order valence-corrected chi connectivity index (χ4v) is 6.94. The van der Waals surface area contributed by atoms with Gasteiger partial charge < -0.3 is 9.47 Å². The average molecular weight is 606 g/mol. The number of halogens is 2. The molecule has 2 heterocycles. The zero-order valence-corrected chi connectivity index (χ0v) is 23.5. The Balaban J connectivity index is 0.000000201. The molecule has 4 aromatic rings. The van der Waals surface area contributed by atoms with E-state index >= 15 is 0 Å². The molecule has 0 fully saturated rings. The van der Waals surface area contributed by atoms with Crippen molar-refractivity contribution in [3.8, 4) is 0 Å². The second-order valence-electron chi connectivity index (χ2n) is 7.27. The number of ether oxygens (including phenoxy) is 2. The zero-order valence-electron chi connectivity index (χ0n) is 18.7. The lowest BCUT2D eigenvalue weighted by Gasteiger charge is -2.02. The zero-order chi connectivity index (χ0) is 26.0. The Morgan fingerprint density at radius 2 is 0.889 bits per heavy atom. The first-order valence-corrected chi connectivity index (χ1v) is 16.7. The summed E-state index contributed by atoms with van der Waals surface area (Å²) in [5.41, 5.74) is 2.17. The largest absolute Gasteiger partial charge is 0.371 e. The third-order valence-corrected chi connectivity index (χ3v) is 10.8. The first kappa shape index (κ1) is 28.8. The molecule has 0 amide bonds. The predicted molar refractivity (Wildman–Crippen MR) is 145 cm³/mol. The maximum Gasteiger partial charge on any atom is 0.270 e. The second kappa shape index (κ2) is 13.7. The standard InChI is InChI=1S/2C12H11ClO3S2/c2*13-18(14,15)12-7-6-11(17-12)9-16-8-10-4-2-1-3-5-10/h2*1-7H,8-9H2. The molecule has 0 saturated heterocycles. The minimum absolute atomic E-state index is 0.155. The molecule has 0 radical (unpaired) electrons. The number of rotatable bonds is 10. The Bertz CT molecular complexity index is 1320. The van der Waals surface area contributed by atoms with Gasteiger partial charge in [0.15, 0.2) is 0 Å². The summed E-state index contributed by atoms with van der Waals surface area (Å²) in [6.07, 6.45) is 0. The molecule has 36 heavy (non-hydrogen) atoms. The van der Waals surface area contributed by atoms with Gasteiger partial charge in [-0.1, -0.05) is 60.7 Å². The quantitative estimate of drug-likeness (QED) is 0.185. The van der Waals surface area contributed by atoms with Crippen LogP contribution in [0.3, 0.4) is 0 Å². The van der Waals surface area contributed by atoms with E-state index in [1.807, 2.05) is 60.7 Å². The van der Waals surface area contributed by atoms with Gasteiger partial charge in [-0.3, -0.25) is 0 Å². The molecule has 0 aliphatic heterocycles. The van der Waals surface area contributed by atoms with Gasteiger partial charge in [-0.05, 0) is 35.4 Å². The van der Waals surface area contributed by atoms with E-state index in [1.165, 1.54) is 12.1 Å². The van der Waals surface area contributed by atoms with E-state index in [0.717, 1.165) is 43.6 Å². The number of thiophene rings is 2. The van der Waals surface area contributed by atoms with Crippen molar-refractivity contribution in [3.63, 3.8) is 0 Å².